The highest BCUT2D eigenvalue weighted by molar-refractivity contribution is 6.36. The third-order valence-electron chi connectivity index (χ3n) is 4.96. The molecule has 140 valence electrons. The topological polar surface area (TPSA) is 29.1 Å². The molecule has 0 atom stereocenters. The summed E-state index contributed by atoms with van der Waals surface area (Å²) < 4.78 is 11.9. The normalized spacial score (nSPS) is 14.8. The summed E-state index contributed by atoms with van der Waals surface area (Å²) in [4.78, 5) is 11.7. The zero-order chi connectivity index (χ0) is 19.7. The lowest BCUT2D eigenvalue weighted by atomic mass is 9.98. The fourth-order valence-corrected chi connectivity index (χ4v) is 3.51. The molecule has 0 unspecified atom stereocenters. The van der Waals surface area contributed by atoms with Crippen molar-refractivity contribution < 1.29 is 9.18 Å². The molecule has 0 radical (unpaired) electrons. The quantitative estimate of drug-likeness (QED) is 0.485. The molecule has 2 aliphatic rings. The summed E-state index contributed by atoms with van der Waals surface area (Å²) in [6.45, 7) is 3.83. The van der Waals surface area contributed by atoms with Crippen LogP contribution in [0.25, 0.3) is 16.7 Å². The minimum absolute atomic E-state index is 0.151. The first kappa shape index (κ1) is 18.5. The number of benzene rings is 3. The number of anilines is 1. The van der Waals surface area contributed by atoms with E-state index in [4.69, 9.17) is 11.6 Å². The lowest BCUT2D eigenvalue weighted by molar-refractivity contribution is -0.110. The van der Waals surface area contributed by atoms with Gasteiger partial charge in [0.1, 0.15) is 5.82 Å². The van der Waals surface area contributed by atoms with Gasteiger partial charge in [-0.05, 0) is 54.2 Å². The van der Waals surface area contributed by atoms with E-state index in [0.29, 0.717) is 10.6 Å². The van der Waals surface area contributed by atoms with Gasteiger partial charge in [-0.15, -0.1) is 0 Å². The molecule has 28 heavy (non-hydrogen) atoms. The van der Waals surface area contributed by atoms with Gasteiger partial charge in [-0.1, -0.05) is 60.6 Å². The van der Waals surface area contributed by atoms with Gasteiger partial charge in [-0.2, -0.15) is 0 Å². The van der Waals surface area contributed by atoms with Crippen LogP contribution in [0.4, 0.5) is 10.1 Å². The number of hydrogen-bond donors (Lipinski definition) is 1. The molecule has 0 saturated heterocycles. The lowest BCUT2D eigenvalue weighted by Gasteiger charge is -2.09. The summed E-state index contributed by atoms with van der Waals surface area (Å²) in [6.07, 6.45) is 2.60. The summed E-state index contributed by atoms with van der Waals surface area (Å²) in [5, 5.41) is 3.42. The Balaban J connectivity index is 0.000000233. The second-order valence-electron chi connectivity index (χ2n) is 7.00. The summed E-state index contributed by atoms with van der Waals surface area (Å²) >= 11 is 6.37. The zero-order valence-corrected chi connectivity index (χ0v) is 16.0. The number of rotatable bonds is 2. The Morgan fingerprint density at radius 3 is 2.21 bits per heavy atom. The van der Waals surface area contributed by atoms with Gasteiger partial charge in [0.15, 0.2) is 0 Å². The van der Waals surface area contributed by atoms with Crippen molar-refractivity contribution in [2.24, 2.45) is 0 Å². The van der Waals surface area contributed by atoms with E-state index < -0.39 is 0 Å². The molecule has 1 aliphatic heterocycles. The van der Waals surface area contributed by atoms with Crippen LogP contribution in [-0.2, 0) is 4.79 Å². The molecule has 0 spiro atoms. The van der Waals surface area contributed by atoms with Crippen molar-refractivity contribution in [2.75, 3.05) is 5.32 Å². The van der Waals surface area contributed by atoms with Crippen molar-refractivity contribution in [3.05, 3.63) is 95.3 Å². The van der Waals surface area contributed by atoms with Crippen molar-refractivity contribution in [2.45, 2.75) is 18.8 Å². The summed E-state index contributed by atoms with van der Waals surface area (Å²) in [6, 6.07) is 20.3. The highest BCUT2D eigenvalue weighted by atomic mass is 35.5. The van der Waals surface area contributed by atoms with E-state index in [9.17, 15) is 9.18 Å². The molecule has 3 aromatic rings. The van der Waals surface area contributed by atoms with E-state index in [1.54, 1.807) is 24.3 Å². The zero-order valence-electron chi connectivity index (χ0n) is 15.2. The van der Waals surface area contributed by atoms with Crippen molar-refractivity contribution in [1.29, 1.82) is 0 Å². The predicted octanol–water partition coefficient (Wildman–Crippen LogP) is 6.68. The number of nitrogens with one attached hydrogen (secondary N) is 1. The molecule has 0 bridgehead atoms. The fraction of sp³-hybridized carbons (Fsp3) is 0.125. The van der Waals surface area contributed by atoms with Crippen LogP contribution in [-0.4, -0.2) is 5.91 Å². The second-order valence-corrected chi connectivity index (χ2v) is 7.41. The summed E-state index contributed by atoms with van der Waals surface area (Å²) in [7, 11) is 0. The standard InChI is InChI=1S/C18H14ClNO.C6H5F/c1-10-14-8-15(16(19)9-17(14)20-18(10)21)13-6-4-12(5-7-13)11-2-3-11;7-6-4-2-1-3-5-6/h4-9,11H,1-3H2,(H,20,21);1-5H. The molecule has 1 fully saturated rings. The molecular formula is C24H19ClFNO. The molecule has 0 aromatic heterocycles. The number of fused-ring (bicyclic) bond motifs is 1. The SMILES string of the molecule is C=C1C(=O)Nc2cc(Cl)c(-c3ccc(C4CC4)cc3)cc21.Fc1ccccc1. The van der Waals surface area contributed by atoms with E-state index in [1.165, 1.54) is 30.5 Å². The molecule has 1 N–H and O–H groups in total. The predicted molar refractivity (Wildman–Crippen MR) is 113 cm³/mol. The Kier molecular flexibility index (Phi) is 5.01. The van der Waals surface area contributed by atoms with Crippen molar-refractivity contribution >= 4 is 28.8 Å². The number of halogens is 2. The average Bonchev–Trinajstić information content (AvgIpc) is 3.50. The Bertz CT molecular complexity index is 1040. The van der Waals surface area contributed by atoms with Gasteiger partial charge in [0, 0.05) is 16.7 Å². The van der Waals surface area contributed by atoms with Crippen LogP contribution in [0.1, 0.15) is 29.9 Å². The van der Waals surface area contributed by atoms with Crippen LogP contribution in [0.5, 0.6) is 0 Å². The Morgan fingerprint density at radius 1 is 0.964 bits per heavy atom. The second kappa shape index (κ2) is 7.61. The van der Waals surface area contributed by atoms with Crippen molar-refractivity contribution in [1.82, 2.24) is 0 Å². The van der Waals surface area contributed by atoms with Gasteiger partial charge < -0.3 is 5.32 Å². The van der Waals surface area contributed by atoms with Crippen LogP contribution in [0.2, 0.25) is 5.02 Å². The molecular weight excluding hydrogens is 373 g/mol. The minimum atomic E-state index is -0.178. The first-order valence-electron chi connectivity index (χ1n) is 9.18. The Hall–Kier alpha value is -2.91. The molecule has 1 saturated carbocycles. The molecule has 3 aromatic carbocycles. The van der Waals surface area contributed by atoms with Gasteiger partial charge in [0.2, 0.25) is 0 Å². The third kappa shape index (κ3) is 3.85. The van der Waals surface area contributed by atoms with Crippen LogP contribution in [0, 0.1) is 5.82 Å². The van der Waals surface area contributed by atoms with E-state index in [1.807, 2.05) is 6.07 Å². The maximum Gasteiger partial charge on any atom is 0.255 e. The number of carbonyl (C=O) groups is 1. The van der Waals surface area contributed by atoms with Gasteiger partial charge in [0.05, 0.1) is 10.7 Å². The van der Waals surface area contributed by atoms with E-state index in [2.05, 4.69) is 36.2 Å². The molecule has 1 aliphatic carbocycles. The molecule has 2 nitrogen and oxygen atoms in total. The number of hydrogen-bond acceptors (Lipinski definition) is 1. The highest BCUT2D eigenvalue weighted by Gasteiger charge is 2.25. The summed E-state index contributed by atoms with van der Waals surface area (Å²) in [5.74, 6) is 0.418. The van der Waals surface area contributed by atoms with Gasteiger partial charge in [-0.25, -0.2) is 4.39 Å². The summed E-state index contributed by atoms with van der Waals surface area (Å²) in [5.41, 5.74) is 5.49. The first-order valence-corrected chi connectivity index (χ1v) is 9.56. The highest BCUT2D eigenvalue weighted by Crippen LogP contribution is 2.42. The lowest BCUT2D eigenvalue weighted by Crippen LogP contribution is -2.02. The van der Waals surface area contributed by atoms with E-state index in [-0.39, 0.29) is 11.7 Å². The van der Waals surface area contributed by atoms with Crippen molar-refractivity contribution in [3.8, 4) is 11.1 Å². The Morgan fingerprint density at radius 2 is 1.64 bits per heavy atom. The van der Waals surface area contributed by atoms with Gasteiger partial charge in [0.25, 0.3) is 5.91 Å². The molecule has 4 heteroatoms. The van der Waals surface area contributed by atoms with Crippen LogP contribution >= 0.6 is 11.6 Å². The minimum Gasteiger partial charge on any atom is -0.321 e. The van der Waals surface area contributed by atoms with Gasteiger partial charge in [-0.3, -0.25) is 4.79 Å². The van der Waals surface area contributed by atoms with Crippen molar-refractivity contribution in [3.63, 3.8) is 0 Å². The third-order valence-corrected chi connectivity index (χ3v) is 5.27. The number of carbonyl (C=O) groups excluding carboxylic acids is 1. The van der Waals surface area contributed by atoms with Crippen LogP contribution < -0.4 is 5.32 Å². The largest absolute Gasteiger partial charge is 0.321 e. The fourth-order valence-electron chi connectivity index (χ4n) is 3.23. The monoisotopic (exact) mass is 391 g/mol. The van der Waals surface area contributed by atoms with Gasteiger partial charge >= 0.3 is 0 Å². The maximum atomic E-state index is 11.9. The molecule has 1 amide bonds. The first-order chi connectivity index (χ1) is 13.5. The van der Waals surface area contributed by atoms with E-state index >= 15 is 0 Å². The Labute approximate surface area is 168 Å². The molecule has 5 rings (SSSR count). The average molecular weight is 392 g/mol. The smallest absolute Gasteiger partial charge is 0.255 e. The number of amides is 1. The van der Waals surface area contributed by atoms with E-state index in [0.717, 1.165) is 28.3 Å². The maximum absolute atomic E-state index is 11.9. The molecule has 1 heterocycles. The van der Waals surface area contributed by atoms with Crippen LogP contribution in [0.3, 0.4) is 0 Å². The van der Waals surface area contributed by atoms with Crippen LogP contribution in [0.15, 0.2) is 73.3 Å².